The van der Waals surface area contributed by atoms with Gasteiger partial charge in [-0.2, -0.15) is 9.50 Å². The summed E-state index contributed by atoms with van der Waals surface area (Å²) in [4.78, 5) is 38.0. The van der Waals surface area contributed by atoms with E-state index in [4.69, 9.17) is 0 Å². The lowest BCUT2D eigenvalue weighted by Crippen LogP contribution is -2.26. The fraction of sp³-hybridized carbons (Fsp3) is 0.182. The largest absolute Gasteiger partial charge is 0.372 e. The minimum Gasteiger partial charge on any atom is -0.372 e. The SMILES string of the molecule is CN(C)c1cc2c(cc1[N+](=O)[O-])[nH]c(=O)n1c(=O)[nH]nc21. The molecule has 0 bridgehead atoms. The molecular weight excluding hydrogens is 280 g/mol. The second kappa shape index (κ2) is 4.16. The van der Waals surface area contributed by atoms with Crippen LogP contribution in [0.15, 0.2) is 21.7 Å². The molecule has 0 amide bonds. The van der Waals surface area contributed by atoms with Crippen LogP contribution in [-0.2, 0) is 0 Å². The standard InChI is InChI=1S/C11H10N6O4/c1-15(2)7-3-5-6(4-8(7)17(20)21)12-10(18)16-9(5)13-14-11(16)19/h3-4H,1-2H3,(H,12,18)(H,14,19). The number of nitrogens with zero attached hydrogens (tertiary/aromatic N) is 4. The van der Waals surface area contributed by atoms with E-state index in [9.17, 15) is 19.7 Å². The van der Waals surface area contributed by atoms with Gasteiger partial charge in [0.25, 0.3) is 5.69 Å². The number of fused-ring (bicyclic) bond motifs is 3. The van der Waals surface area contributed by atoms with E-state index in [1.165, 1.54) is 12.1 Å². The molecule has 10 nitrogen and oxygen atoms in total. The molecule has 0 atom stereocenters. The van der Waals surface area contributed by atoms with Gasteiger partial charge >= 0.3 is 11.4 Å². The maximum atomic E-state index is 11.8. The van der Waals surface area contributed by atoms with Crippen LogP contribution in [0.4, 0.5) is 11.4 Å². The zero-order valence-corrected chi connectivity index (χ0v) is 11.1. The number of H-pyrrole nitrogens is 2. The molecule has 0 aliphatic heterocycles. The molecule has 21 heavy (non-hydrogen) atoms. The summed E-state index contributed by atoms with van der Waals surface area (Å²) in [6.45, 7) is 0. The van der Waals surface area contributed by atoms with Crippen molar-refractivity contribution in [3.63, 3.8) is 0 Å². The molecular formula is C11H10N6O4. The number of rotatable bonds is 2. The van der Waals surface area contributed by atoms with Gasteiger partial charge in [-0.3, -0.25) is 10.1 Å². The Hall–Kier alpha value is -3.17. The predicted molar refractivity (Wildman–Crippen MR) is 74.9 cm³/mol. The van der Waals surface area contributed by atoms with Crippen molar-refractivity contribution >= 4 is 27.9 Å². The Bertz CT molecular complexity index is 996. The number of nitrogens with one attached hydrogen (secondary N) is 2. The Morgan fingerprint density at radius 3 is 2.62 bits per heavy atom. The Morgan fingerprint density at radius 1 is 1.29 bits per heavy atom. The van der Waals surface area contributed by atoms with E-state index >= 15 is 0 Å². The molecule has 0 fully saturated rings. The van der Waals surface area contributed by atoms with Gasteiger partial charge in [-0.05, 0) is 6.07 Å². The quantitative estimate of drug-likeness (QED) is 0.498. The van der Waals surface area contributed by atoms with Gasteiger partial charge in [0, 0.05) is 25.5 Å². The number of benzene rings is 1. The highest BCUT2D eigenvalue weighted by Crippen LogP contribution is 2.31. The van der Waals surface area contributed by atoms with Gasteiger partial charge in [0.2, 0.25) is 0 Å². The molecule has 0 aliphatic rings. The molecule has 1 aromatic carbocycles. The zero-order valence-electron chi connectivity index (χ0n) is 11.1. The average molecular weight is 290 g/mol. The normalized spacial score (nSPS) is 11.1. The molecule has 2 N–H and O–H groups in total. The van der Waals surface area contributed by atoms with Crippen LogP contribution in [0, 0.1) is 10.1 Å². The average Bonchev–Trinajstić information content (AvgIpc) is 2.80. The van der Waals surface area contributed by atoms with Gasteiger partial charge in [0.05, 0.1) is 10.4 Å². The van der Waals surface area contributed by atoms with Crippen molar-refractivity contribution in [2.75, 3.05) is 19.0 Å². The van der Waals surface area contributed by atoms with Crippen molar-refractivity contribution in [1.82, 2.24) is 19.6 Å². The number of anilines is 1. The zero-order chi connectivity index (χ0) is 15.3. The van der Waals surface area contributed by atoms with E-state index in [-0.39, 0.29) is 16.9 Å². The Balaban J connectivity index is 2.55. The molecule has 2 heterocycles. The van der Waals surface area contributed by atoms with Crippen LogP contribution in [-0.4, -0.2) is 38.6 Å². The second-order valence-electron chi connectivity index (χ2n) is 4.66. The van der Waals surface area contributed by atoms with E-state index in [2.05, 4.69) is 15.2 Å². The summed E-state index contributed by atoms with van der Waals surface area (Å²) >= 11 is 0. The number of hydrogen-bond acceptors (Lipinski definition) is 6. The first-order valence-electron chi connectivity index (χ1n) is 5.89. The van der Waals surface area contributed by atoms with Gasteiger partial charge < -0.3 is 9.88 Å². The molecule has 2 aromatic heterocycles. The molecule has 0 saturated carbocycles. The van der Waals surface area contributed by atoms with Gasteiger partial charge in [0.15, 0.2) is 5.65 Å². The first-order valence-corrected chi connectivity index (χ1v) is 5.89. The van der Waals surface area contributed by atoms with Gasteiger partial charge in [-0.15, -0.1) is 0 Å². The van der Waals surface area contributed by atoms with E-state index in [1.807, 2.05) is 0 Å². The summed E-state index contributed by atoms with van der Waals surface area (Å²) in [7, 11) is 3.32. The van der Waals surface area contributed by atoms with Crippen molar-refractivity contribution in [2.45, 2.75) is 0 Å². The molecule has 10 heteroatoms. The monoisotopic (exact) mass is 290 g/mol. The first kappa shape index (κ1) is 12.8. The van der Waals surface area contributed by atoms with Crippen molar-refractivity contribution in [3.05, 3.63) is 43.2 Å². The summed E-state index contributed by atoms with van der Waals surface area (Å²) in [5.41, 5.74) is -0.816. The fourth-order valence-electron chi connectivity index (χ4n) is 2.21. The molecule has 0 saturated heterocycles. The molecule has 0 radical (unpaired) electrons. The number of nitro groups is 1. The topological polar surface area (TPSA) is 129 Å². The lowest BCUT2D eigenvalue weighted by atomic mass is 10.1. The Labute approximate surface area is 115 Å². The second-order valence-corrected chi connectivity index (χ2v) is 4.66. The summed E-state index contributed by atoms with van der Waals surface area (Å²) in [6, 6.07) is 2.77. The molecule has 3 aromatic rings. The molecule has 0 unspecified atom stereocenters. The van der Waals surface area contributed by atoms with Crippen LogP contribution in [0.25, 0.3) is 16.6 Å². The highest BCUT2D eigenvalue weighted by atomic mass is 16.6. The number of aromatic nitrogens is 4. The maximum Gasteiger partial charge on any atom is 0.351 e. The fourth-order valence-corrected chi connectivity index (χ4v) is 2.21. The van der Waals surface area contributed by atoms with Crippen LogP contribution < -0.4 is 16.3 Å². The molecule has 0 spiro atoms. The minimum absolute atomic E-state index is 0.122. The predicted octanol–water partition coefficient (Wildman–Crippen LogP) is -0.162. The smallest absolute Gasteiger partial charge is 0.351 e. The van der Waals surface area contributed by atoms with E-state index in [1.54, 1.807) is 19.0 Å². The van der Waals surface area contributed by atoms with Crippen LogP contribution in [0.2, 0.25) is 0 Å². The van der Waals surface area contributed by atoms with Gasteiger partial charge in [-0.25, -0.2) is 14.7 Å². The number of hydrogen-bond donors (Lipinski definition) is 2. The maximum absolute atomic E-state index is 11.8. The molecule has 3 rings (SSSR count). The molecule has 108 valence electrons. The third kappa shape index (κ3) is 1.76. The summed E-state index contributed by atoms with van der Waals surface area (Å²) in [5.74, 6) is 0. The number of aromatic amines is 2. The van der Waals surface area contributed by atoms with Crippen molar-refractivity contribution in [2.24, 2.45) is 0 Å². The van der Waals surface area contributed by atoms with Crippen LogP contribution in [0.1, 0.15) is 0 Å². The minimum atomic E-state index is -0.705. The third-order valence-electron chi connectivity index (χ3n) is 3.15. The summed E-state index contributed by atoms with van der Waals surface area (Å²) in [5, 5.41) is 17.5. The first-order chi connectivity index (χ1) is 9.90. The Morgan fingerprint density at radius 2 is 2.00 bits per heavy atom. The van der Waals surface area contributed by atoms with Crippen molar-refractivity contribution in [3.8, 4) is 0 Å². The summed E-state index contributed by atoms with van der Waals surface area (Å²) < 4.78 is 0.841. The highest BCUT2D eigenvalue weighted by Gasteiger charge is 2.20. The highest BCUT2D eigenvalue weighted by molar-refractivity contribution is 5.96. The van der Waals surface area contributed by atoms with Crippen LogP contribution in [0.3, 0.4) is 0 Å². The van der Waals surface area contributed by atoms with E-state index in [0.717, 1.165) is 4.40 Å². The molecule has 0 aliphatic carbocycles. The summed E-state index contributed by atoms with van der Waals surface area (Å²) in [6.07, 6.45) is 0. The van der Waals surface area contributed by atoms with Crippen LogP contribution in [0.5, 0.6) is 0 Å². The van der Waals surface area contributed by atoms with Crippen LogP contribution >= 0.6 is 0 Å². The Kier molecular flexibility index (Phi) is 2.55. The number of nitro benzene ring substituents is 1. The van der Waals surface area contributed by atoms with Crippen molar-refractivity contribution in [1.29, 1.82) is 0 Å². The van der Waals surface area contributed by atoms with E-state index in [0.29, 0.717) is 11.1 Å². The van der Waals surface area contributed by atoms with Gasteiger partial charge in [-0.1, -0.05) is 0 Å². The van der Waals surface area contributed by atoms with Gasteiger partial charge in [0.1, 0.15) is 5.69 Å². The lowest BCUT2D eigenvalue weighted by molar-refractivity contribution is -0.384. The van der Waals surface area contributed by atoms with E-state index < -0.39 is 16.3 Å². The van der Waals surface area contributed by atoms with Crippen molar-refractivity contribution < 1.29 is 4.92 Å². The third-order valence-corrected chi connectivity index (χ3v) is 3.15. The lowest BCUT2D eigenvalue weighted by Gasteiger charge is -2.13.